The molecule has 2 N–H and O–H groups in total. The van der Waals surface area contributed by atoms with Gasteiger partial charge in [-0.2, -0.15) is 0 Å². The number of ether oxygens (including phenoxy) is 1. The maximum absolute atomic E-state index is 12.9. The van der Waals surface area contributed by atoms with E-state index in [2.05, 4.69) is 4.98 Å². The molecular weight excluding hydrogens is 424 g/mol. The van der Waals surface area contributed by atoms with Crippen LogP contribution in [0, 0.1) is 0 Å². The maximum atomic E-state index is 12.9. The number of methoxy groups -OCH3 is 1. The molecule has 1 aliphatic heterocycles. The van der Waals surface area contributed by atoms with Gasteiger partial charge in [-0.15, -0.1) is 0 Å². The normalized spacial score (nSPS) is 15.2. The largest absolute Gasteiger partial charge is 0.507 e. The van der Waals surface area contributed by atoms with Gasteiger partial charge in [-0.3, -0.25) is 9.69 Å². The van der Waals surface area contributed by atoms with Crippen molar-refractivity contribution >= 4 is 62.8 Å². The standard InChI is InChI=1S/C21H14N2O5S2/c1-28-16-4-2-3-11-5-6-12(22-18(11)16)9-17-19(25)23(21(29)30-17)13-7-8-14(20(26)27)15(24)10-13/h2-10,24H,1H3,(H,26,27)/b17-9-. The van der Waals surface area contributed by atoms with Gasteiger partial charge in [0.2, 0.25) is 0 Å². The summed E-state index contributed by atoms with van der Waals surface area (Å²) in [5, 5.41) is 19.9. The number of para-hydroxylation sites is 1. The highest BCUT2D eigenvalue weighted by atomic mass is 32.2. The molecule has 1 aromatic heterocycles. The summed E-state index contributed by atoms with van der Waals surface area (Å²) in [7, 11) is 1.57. The number of aromatic nitrogens is 1. The Bertz CT molecular complexity index is 1260. The number of anilines is 1. The number of benzene rings is 2. The van der Waals surface area contributed by atoms with Crippen molar-refractivity contribution in [2.24, 2.45) is 0 Å². The van der Waals surface area contributed by atoms with E-state index in [-0.39, 0.29) is 21.5 Å². The molecule has 1 aliphatic rings. The number of aromatic carboxylic acids is 1. The Morgan fingerprint density at radius 3 is 2.73 bits per heavy atom. The number of thiocarbonyl (C=S) groups is 1. The summed E-state index contributed by atoms with van der Waals surface area (Å²) in [5.74, 6) is -1.46. The Labute approximate surface area is 180 Å². The van der Waals surface area contributed by atoms with E-state index in [0.29, 0.717) is 21.9 Å². The highest BCUT2D eigenvalue weighted by Crippen LogP contribution is 2.37. The first-order chi connectivity index (χ1) is 14.4. The van der Waals surface area contributed by atoms with Gasteiger partial charge in [0.15, 0.2) is 4.32 Å². The number of fused-ring (bicyclic) bond motifs is 1. The summed E-state index contributed by atoms with van der Waals surface area (Å²) in [4.78, 5) is 30.2. The number of nitrogens with zero attached hydrogens (tertiary/aromatic N) is 2. The third kappa shape index (κ3) is 3.49. The van der Waals surface area contributed by atoms with Crippen LogP contribution in [-0.4, -0.2) is 38.5 Å². The molecule has 0 atom stereocenters. The van der Waals surface area contributed by atoms with Gasteiger partial charge in [0.05, 0.1) is 23.4 Å². The van der Waals surface area contributed by atoms with Crippen LogP contribution in [0.25, 0.3) is 17.0 Å². The highest BCUT2D eigenvalue weighted by molar-refractivity contribution is 8.27. The van der Waals surface area contributed by atoms with Gasteiger partial charge in [-0.1, -0.05) is 42.2 Å². The Morgan fingerprint density at radius 1 is 1.23 bits per heavy atom. The van der Waals surface area contributed by atoms with Crippen molar-refractivity contribution in [1.29, 1.82) is 0 Å². The number of pyridine rings is 1. The average Bonchev–Trinajstić information content (AvgIpc) is 3.00. The molecule has 1 fully saturated rings. The number of hydrogen-bond donors (Lipinski definition) is 2. The van der Waals surface area contributed by atoms with Crippen molar-refractivity contribution < 1.29 is 24.5 Å². The van der Waals surface area contributed by atoms with E-state index in [4.69, 9.17) is 22.1 Å². The van der Waals surface area contributed by atoms with Crippen LogP contribution < -0.4 is 9.64 Å². The van der Waals surface area contributed by atoms with Gasteiger partial charge >= 0.3 is 5.97 Å². The molecule has 1 amide bonds. The van der Waals surface area contributed by atoms with Crippen molar-refractivity contribution in [2.75, 3.05) is 12.0 Å². The average molecular weight is 438 g/mol. The molecule has 7 nitrogen and oxygen atoms in total. The van der Waals surface area contributed by atoms with Gasteiger partial charge < -0.3 is 14.9 Å². The number of rotatable bonds is 4. The van der Waals surface area contributed by atoms with Crippen molar-refractivity contribution in [1.82, 2.24) is 4.98 Å². The highest BCUT2D eigenvalue weighted by Gasteiger charge is 2.34. The quantitative estimate of drug-likeness (QED) is 0.465. The Hall–Kier alpha value is -3.43. The van der Waals surface area contributed by atoms with Crippen LogP contribution in [0.1, 0.15) is 16.1 Å². The van der Waals surface area contributed by atoms with Crippen LogP contribution in [0.15, 0.2) is 53.4 Å². The summed E-state index contributed by atoms with van der Waals surface area (Å²) >= 11 is 6.43. The molecule has 0 spiro atoms. The lowest BCUT2D eigenvalue weighted by Crippen LogP contribution is -2.27. The molecule has 0 radical (unpaired) electrons. The smallest absolute Gasteiger partial charge is 0.339 e. The van der Waals surface area contributed by atoms with E-state index in [1.54, 1.807) is 19.3 Å². The zero-order valence-corrected chi connectivity index (χ0v) is 17.2. The number of hydrogen-bond acceptors (Lipinski definition) is 7. The summed E-state index contributed by atoms with van der Waals surface area (Å²) in [6, 6.07) is 13.1. The van der Waals surface area contributed by atoms with E-state index in [9.17, 15) is 14.7 Å². The van der Waals surface area contributed by atoms with Crippen LogP contribution in [0.5, 0.6) is 11.5 Å². The second-order valence-corrected chi connectivity index (χ2v) is 7.97. The first-order valence-corrected chi connectivity index (χ1v) is 9.89. The van der Waals surface area contributed by atoms with Gasteiger partial charge in [0, 0.05) is 11.5 Å². The second-order valence-electron chi connectivity index (χ2n) is 6.29. The third-order valence-electron chi connectivity index (χ3n) is 4.47. The van der Waals surface area contributed by atoms with E-state index < -0.39 is 11.7 Å². The molecule has 150 valence electrons. The first-order valence-electron chi connectivity index (χ1n) is 8.67. The molecule has 3 aromatic rings. The number of carbonyl (C=O) groups is 2. The summed E-state index contributed by atoms with van der Waals surface area (Å²) in [6.07, 6.45) is 1.64. The van der Waals surface area contributed by atoms with Gasteiger partial charge in [-0.05, 0) is 30.3 Å². The van der Waals surface area contributed by atoms with E-state index >= 15 is 0 Å². The Morgan fingerprint density at radius 2 is 2.03 bits per heavy atom. The molecule has 2 heterocycles. The number of carboxylic acid groups (broad SMARTS) is 1. The Kier molecular flexibility index (Phi) is 5.15. The minimum atomic E-state index is -1.26. The number of amides is 1. The SMILES string of the molecule is COc1cccc2ccc(/C=C3\SC(=S)N(c4ccc(C(=O)O)c(O)c4)C3=O)nc12. The molecule has 0 unspecified atom stereocenters. The molecular formula is C21H14N2O5S2. The minimum absolute atomic E-state index is 0.256. The number of thioether (sulfide) groups is 1. The van der Waals surface area contributed by atoms with Crippen LogP contribution in [0.4, 0.5) is 5.69 Å². The molecule has 0 saturated carbocycles. The molecule has 4 rings (SSSR count). The lowest BCUT2D eigenvalue weighted by Gasteiger charge is -2.15. The molecule has 9 heteroatoms. The van der Waals surface area contributed by atoms with Crippen LogP contribution >= 0.6 is 24.0 Å². The van der Waals surface area contributed by atoms with E-state index in [1.165, 1.54) is 23.1 Å². The first kappa shape index (κ1) is 19.9. The lowest BCUT2D eigenvalue weighted by molar-refractivity contribution is -0.113. The van der Waals surface area contributed by atoms with E-state index in [0.717, 1.165) is 17.1 Å². The zero-order valence-electron chi connectivity index (χ0n) is 15.5. The third-order valence-corrected chi connectivity index (χ3v) is 5.77. The number of aromatic hydroxyl groups is 1. The van der Waals surface area contributed by atoms with Crippen LogP contribution in [0.2, 0.25) is 0 Å². The molecule has 2 aromatic carbocycles. The summed E-state index contributed by atoms with van der Waals surface area (Å²) in [5.41, 5.74) is 1.28. The fourth-order valence-corrected chi connectivity index (χ4v) is 4.33. The predicted octanol–water partition coefficient (Wildman–Crippen LogP) is 4.05. The molecule has 30 heavy (non-hydrogen) atoms. The van der Waals surface area contributed by atoms with Gasteiger partial charge in [0.25, 0.3) is 5.91 Å². The fourth-order valence-electron chi connectivity index (χ4n) is 3.04. The molecule has 1 saturated heterocycles. The fraction of sp³-hybridized carbons (Fsp3) is 0.0476. The van der Waals surface area contributed by atoms with Crippen LogP contribution in [0.3, 0.4) is 0 Å². The van der Waals surface area contributed by atoms with Crippen molar-refractivity contribution in [3.05, 3.63) is 64.7 Å². The van der Waals surface area contributed by atoms with Crippen LogP contribution in [-0.2, 0) is 4.79 Å². The van der Waals surface area contributed by atoms with Gasteiger partial charge in [0.1, 0.15) is 22.6 Å². The van der Waals surface area contributed by atoms with Crippen molar-refractivity contribution in [3.8, 4) is 11.5 Å². The lowest BCUT2D eigenvalue weighted by atomic mass is 10.1. The summed E-state index contributed by atoms with van der Waals surface area (Å²) < 4.78 is 5.62. The predicted molar refractivity (Wildman–Crippen MR) is 119 cm³/mol. The molecule has 0 bridgehead atoms. The second kappa shape index (κ2) is 7.77. The minimum Gasteiger partial charge on any atom is -0.507 e. The monoisotopic (exact) mass is 438 g/mol. The van der Waals surface area contributed by atoms with Gasteiger partial charge in [-0.25, -0.2) is 9.78 Å². The van der Waals surface area contributed by atoms with Crippen molar-refractivity contribution in [2.45, 2.75) is 0 Å². The number of phenols is 1. The topological polar surface area (TPSA) is 100.0 Å². The number of carbonyl (C=O) groups excluding carboxylic acids is 1. The molecule has 0 aliphatic carbocycles. The van der Waals surface area contributed by atoms with Crippen molar-refractivity contribution in [3.63, 3.8) is 0 Å². The number of carboxylic acids is 1. The summed E-state index contributed by atoms with van der Waals surface area (Å²) in [6.45, 7) is 0. The van der Waals surface area contributed by atoms with E-state index in [1.807, 2.05) is 24.3 Å². The Balaban J connectivity index is 1.69. The maximum Gasteiger partial charge on any atom is 0.339 e. The zero-order chi connectivity index (χ0) is 21.4.